The van der Waals surface area contributed by atoms with Crippen LogP contribution in [0.15, 0.2) is 101 Å². The molecule has 0 amide bonds. The smallest absolute Gasteiger partial charge is 0.172 e. The molecule has 23 heavy (non-hydrogen) atoms. The summed E-state index contributed by atoms with van der Waals surface area (Å²) < 4.78 is 0. The van der Waals surface area contributed by atoms with E-state index in [4.69, 9.17) is 0 Å². The summed E-state index contributed by atoms with van der Waals surface area (Å²) in [6, 6.07) is 28.6. The molecular formula is C21H19BS. The Hall–Kier alpha value is -2.19. The van der Waals surface area contributed by atoms with Crippen LogP contribution < -0.4 is 16.4 Å². The Kier molecular flexibility index (Phi) is 3.43. The Morgan fingerprint density at radius 3 is 1.74 bits per heavy atom. The van der Waals surface area contributed by atoms with Crippen LogP contribution in [0, 0.1) is 0 Å². The third-order valence-electron chi connectivity index (χ3n) is 4.84. The normalized spacial score (nSPS) is 16.1. The predicted molar refractivity (Wildman–Crippen MR) is 104 cm³/mol. The van der Waals surface area contributed by atoms with E-state index >= 15 is 0 Å². The molecule has 1 heterocycles. The molecule has 1 aliphatic rings. The van der Waals surface area contributed by atoms with Crippen LogP contribution in [0.4, 0.5) is 0 Å². The Bertz CT molecular complexity index is 822. The summed E-state index contributed by atoms with van der Waals surface area (Å²) in [5.41, 5.74) is 4.21. The zero-order chi connectivity index (χ0) is 15.9. The predicted octanol–water partition coefficient (Wildman–Crippen LogP) is 3.51. The van der Waals surface area contributed by atoms with E-state index in [0.717, 1.165) is 0 Å². The minimum atomic E-state index is -1.17. The molecule has 0 fully saturated rings. The Morgan fingerprint density at radius 2 is 1.22 bits per heavy atom. The van der Waals surface area contributed by atoms with Crippen molar-refractivity contribution in [3.8, 4) is 0 Å². The number of benzene rings is 3. The third kappa shape index (κ3) is 2.09. The van der Waals surface area contributed by atoms with Gasteiger partial charge in [0.15, 0.2) is 0 Å². The average molecular weight is 314 g/mol. The molecule has 0 bridgehead atoms. The van der Waals surface area contributed by atoms with E-state index in [1.165, 1.54) is 26.2 Å². The molecule has 4 rings (SSSR count). The molecule has 0 atom stereocenters. The highest BCUT2D eigenvalue weighted by atomic mass is 32.3. The minimum absolute atomic E-state index is 0.309. The summed E-state index contributed by atoms with van der Waals surface area (Å²) in [6.45, 7) is 4.50. The van der Waals surface area contributed by atoms with Gasteiger partial charge in [-0.25, -0.2) is 0 Å². The molecule has 0 saturated carbocycles. The first-order chi connectivity index (χ1) is 11.3. The van der Waals surface area contributed by atoms with Crippen LogP contribution in [0.1, 0.15) is 0 Å². The standard InChI is InChI=1S/C21H19BS/c1-3-23(2)20-15-9-7-13-18(20)22(17-11-5-4-6-12-17)19-14-8-10-16-21(19)23/h3-16H,1H2,2H3. The van der Waals surface area contributed by atoms with Crippen molar-refractivity contribution in [3.63, 3.8) is 0 Å². The molecule has 0 unspecified atom stereocenters. The van der Waals surface area contributed by atoms with Crippen molar-refractivity contribution in [2.75, 3.05) is 6.26 Å². The fourth-order valence-electron chi connectivity index (χ4n) is 3.68. The van der Waals surface area contributed by atoms with E-state index in [2.05, 4.69) is 97.1 Å². The summed E-state index contributed by atoms with van der Waals surface area (Å²) >= 11 is 0. The maximum Gasteiger partial charge on any atom is 0.244 e. The fraction of sp³-hybridized carbons (Fsp3) is 0.0476. The Labute approximate surface area is 140 Å². The largest absolute Gasteiger partial charge is 0.244 e. The lowest BCUT2D eigenvalue weighted by Gasteiger charge is -2.43. The molecule has 2 heteroatoms. The van der Waals surface area contributed by atoms with Crippen LogP contribution in [0.25, 0.3) is 0 Å². The lowest BCUT2D eigenvalue weighted by Crippen LogP contribution is -2.56. The second-order valence-corrected chi connectivity index (χ2v) is 9.24. The quantitative estimate of drug-likeness (QED) is 0.635. The minimum Gasteiger partial charge on any atom is -0.172 e. The van der Waals surface area contributed by atoms with Crippen molar-refractivity contribution in [3.05, 3.63) is 90.8 Å². The van der Waals surface area contributed by atoms with Gasteiger partial charge in [-0.1, -0.05) is 102 Å². The van der Waals surface area contributed by atoms with Gasteiger partial charge in [0.05, 0.1) is 0 Å². The third-order valence-corrected chi connectivity index (χ3v) is 8.08. The molecule has 1 aliphatic heterocycles. The second-order valence-electron chi connectivity index (χ2n) is 6.07. The molecule has 0 nitrogen and oxygen atoms in total. The van der Waals surface area contributed by atoms with Crippen LogP contribution in [0.2, 0.25) is 0 Å². The van der Waals surface area contributed by atoms with Gasteiger partial charge in [-0.2, -0.15) is 10.0 Å². The van der Waals surface area contributed by atoms with E-state index in [0.29, 0.717) is 6.71 Å². The molecule has 0 spiro atoms. The number of hydrogen-bond acceptors (Lipinski definition) is 0. The molecular weight excluding hydrogens is 295 g/mol. The lowest BCUT2D eigenvalue weighted by molar-refractivity contribution is 1.39. The van der Waals surface area contributed by atoms with Gasteiger partial charge in [-0.05, 0) is 21.5 Å². The number of hydrogen-bond donors (Lipinski definition) is 0. The molecule has 3 aromatic rings. The van der Waals surface area contributed by atoms with Gasteiger partial charge >= 0.3 is 0 Å². The Balaban J connectivity index is 2.07. The maximum absolute atomic E-state index is 4.19. The maximum atomic E-state index is 4.19. The highest BCUT2D eigenvalue weighted by Crippen LogP contribution is 2.60. The average Bonchev–Trinajstić information content (AvgIpc) is 2.63. The monoisotopic (exact) mass is 314 g/mol. The van der Waals surface area contributed by atoms with Gasteiger partial charge in [0.2, 0.25) is 6.71 Å². The summed E-state index contributed by atoms with van der Waals surface area (Å²) in [4.78, 5) is 2.89. The van der Waals surface area contributed by atoms with Crippen LogP contribution in [-0.2, 0) is 0 Å². The van der Waals surface area contributed by atoms with Crippen molar-refractivity contribution in [1.82, 2.24) is 0 Å². The van der Waals surface area contributed by atoms with Crippen LogP contribution in [0.3, 0.4) is 0 Å². The van der Waals surface area contributed by atoms with Crippen LogP contribution in [-0.4, -0.2) is 13.0 Å². The van der Waals surface area contributed by atoms with Gasteiger partial charge in [-0.15, -0.1) is 0 Å². The topological polar surface area (TPSA) is 0 Å². The molecule has 112 valence electrons. The molecule has 0 aromatic heterocycles. The van der Waals surface area contributed by atoms with E-state index in [1.54, 1.807) is 0 Å². The van der Waals surface area contributed by atoms with Crippen molar-refractivity contribution in [2.45, 2.75) is 9.79 Å². The first kappa shape index (κ1) is 14.4. The summed E-state index contributed by atoms with van der Waals surface area (Å²) in [6.07, 6.45) is 2.36. The highest BCUT2D eigenvalue weighted by Gasteiger charge is 2.37. The van der Waals surface area contributed by atoms with Crippen molar-refractivity contribution in [1.29, 1.82) is 0 Å². The van der Waals surface area contributed by atoms with Gasteiger partial charge < -0.3 is 0 Å². The second kappa shape index (κ2) is 5.47. The summed E-state index contributed by atoms with van der Waals surface area (Å²) in [5.74, 6) is 0. The fourth-order valence-corrected chi connectivity index (χ4v) is 6.35. The first-order valence-electron chi connectivity index (χ1n) is 7.89. The van der Waals surface area contributed by atoms with Crippen molar-refractivity contribution >= 4 is 33.1 Å². The van der Waals surface area contributed by atoms with Gasteiger partial charge in [0.1, 0.15) is 0 Å². The van der Waals surface area contributed by atoms with E-state index in [-0.39, 0.29) is 0 Å². The molecule has 0 saturated heterocycles. The summed E-state index contributed by atoms with van der Waals surface area (Å²) in [7, 11) is -1.17. The van der Waals surface area contributed by atoms with Crippen LogP contribution in [0.5, 0.6) is 0 Å². The summed E-state index contributed by atoms with van der Waals surface area (Å²) in [5, 5.41) is 2.17. The van der Waals surface area contributed by atoms with Crippen molar-refractivity contribution in [2.24, 2.45) is 0 Å². The molecule has 0 aliphatic carbocycles. The van der Waals surface area contributed by atoms with Gasteiger partial charge in [-0.3, -0.25) is 0 Å². The van der Waals surface area contributed by atoms with E-state index < -0.39 is 10.0 Å². The number of rotatable bonds is 2. The molecule has 3 aromatic carbocycles. The zero-order valence-corrected chi connectivity index (χ0v) is 14.1. The van der Waals surface area contributed by atoms with Gasteiger partial charge in [0, 0.05) is 0 Å². The van der Waals surface area contributed by atoms with Gasteiger partial charge in [0.25, 0.3) is 0 Å². The first-order valence-corrected chi connectivity index (χ1v) is 10.00. The molecule has 0 N–H and O–H groups in total. The van der Waals surface area contributed by atoms with E-state index in [1.807, 2.05) is 0 Å². The van der Waals surface area contributed by atoms with Crippen LogP contribution >= 0.6 is 10.0 Å². The number of fused-ring (bicyclic) bond motifs is 2. The van der Waals surface area contributed by atoms with E-state index in [9.17, 15) is 0 Å². The Morgan fingerprint density at radius 1 is 0.739 bits per heavy atom. The zero-order valence-electron chi connectivity index (χ0n) is 13.3. The van der Waals surface area contributed by atoms with Crippen molar-refractivity contribution < 1.29 is 0 Å². The highest BCUT2D eigenvalue weighted by molar-refractivity contribution is 8.36. The SMILES string of the molecule is C=CS1(C)c2ccccc2B(c2ccccc2)c2ccccc21. The lowest BCUT2D eigenvalue weighted by atomic mass is 9.36. The molecule has 0 radical (unpaired) electrons.